The van der Waals surface area contributed by atoms with E-state index in [4.69, 9.17) is 0 Å². The average molecular weight is 279 g/mol. The molecule has 0 aliphatic rings. The largest absolute Gasteiger partial charge is 0.243 e. The lowest BCUT2D eigenvalue weighted by Crippen LogP contribution is -2.30. The van der Waals surface area contributed by atoms with Gasteiger partial charge in [-0.2, -0.15) is 0 Å². The summed E-state index contributed by atoms with van der Waals surface area (Å²) in [5.41, 5.74) is 0. The number of aryl methyl sites for hydroxylation is 2. The molecule has 1 rings (SSSR count). The van der Waals surface area contributed by atoms with Gasteiger partial charge in [0.05, 0.1) is 13.1 Å². The summed E-state index contributed by atoms with van der Waals surface area (Å²) in [6.45, 7) is 6.93. The molecule has 0 fully saturated rings. The third-order valence-corrected chi connectivity index (χ3v) is 4.04. The van der Waals surface area contributed by atoms with Crippen LogP contribution >= 0.6 is 0 Å². The SMILES string of the molecule is CCCCCCCCn1cc[n+](CCCCCCC)c1. The van der Waals surface area contributed by atoms with E-state index in [1.165, 1.54) is 83.7 Å². The Morgan fingerprint density at radius 2 is 1.35 bits per heavy atom. The molecule has 0 saturated carbocycles. The lowest BCUT2D eigenvalue weighted by molar-refractivity contribution is -0.696. The van der Waals surface area contributed by atoms with Crippen LogP contribution < -0.4 is 4.57 Å². The smallest absolute Gasteiger partial charge is 0.237 e. The highest BCUT2D eigenvalue weighted by atomic mass is 15.1. The van der Waals surface area contributed by atoms with Crippen molar-refractivity contribution in [3.8, 4) is 0 Å². The van der Waals surface area contributed by atoms with Crippen molar-refractivity contribution in [1.29, 1.82) is 0 Å². The highest BCUT2D eigenvalue weighted by molar-refractivity contribution is 4.66. The van der Waals surface area contributed by atoms with Crippen LogP contribution in [-0.4, -0.2) is 4.57 Å². The Morgan fingerprint density at radius 3 is 2.05 bits per heavy atom. The molecule has 0 aromatic carbocycles. The fourth-order valence-electron chi connectivity index (χ4n) is 2.68. The van der Waals surface area contributed by atoms with Crippen LogP contribution in [0.4, 0.5) is 0 Å². The first-order valence-corrected chi connectivity index (χ1v) is 8.91. The predicted octanol–water partition coefficient (Wildman–Crippen LogP) is 5.11. The van der Waals surface area contributed by atoms with Crippen molar-refractivity contribution in [2.24, 2.45) is 0 Å². The van der Waals surface area contributed by atoms with Crippen molar-refractivity contribution in [2.75, 3.05) is 0 Å². The Bertz CT molecular complexity index is 317. The Morgan fingerprint density at radius 1 is 0.750 bits per heavy atom. The van der Waals surface area contributed by atoms with Crippen molar-refractivity contribution < 1.29 is 4.57 Å². The molecule has 116 valence electrons. The molecule has 0 unspecified atom stereocenters. The Labute approximate surface area is 126 Å². The molecule has 1 aromatic heterocycles. The maximum atomic E-state index is 2.35. The van der Waals surface area contributed by atoms with E-state index < -0.39 is 0 Å². The summed E-state index contributed by atoms with van der Waals surface area (Å²) >= 11 is 0. The first kappa shape index (κ1) is 17.3. The van der Waals surface area contributed by atoms with E-state index in [0.717, 1.165) is 0 Å². The first-order valence-electron chi connectivity index (χ1n) is 8.91. The molecule has 0 saturated heterocycles. The number of aromatic nitrogens is 2. The third-order valence-electron chi connectivity index (χ3n) is 4.04. The minimum absolute atomic E-state index is 1.19. The lowest BCUT2D eigenvalue weighted by Gasteiger charge is -1.99. The van der Waals surface area contributed by atoms with E-state index in [-0.39, 0.29) is 0 Å². The summed E-state index contributed by atoms with van der Waals surface area (Å²) < 4.78 is 4.70. The van der Waals surface area contributed by atoms with E-state index in [9.17, 15) is 0 Å². The zero-order chi connectivity index (χ0) is 14.5. The number of unbranched alkanes of at least 4 members (excludes halogenated alkanes) is 9. The first-order chi connectivity index (χ1) is 9.86. The van der Waals surface area contributed by atoms with Crippen LogP contribution in [0.3, 0.4) is 0 Å². The Hall–Kier alpha value is -0.790. The highest BCUT2D eigenvalue weighted by Gasteiger charge is 2.03. The molecular weight excluding hydrogens is 244 g/mol. The third kappa shape index (κ3) is 8.39. The van der Waals surface area contributed by atoms with Gasteiger partial charge in [0.25, 0.3) is 0 Å². The zero-order valence-electron chi connectivity index (χ0n) is 13.8. The van der Waals surface area contributed by atoms with E-state index in [1.54, 1.807) is 0 Å². The molecule has 0 N–H and O–H groups in total. The Balaban J connectivity index is 2.04. The van der Waals surface area contributed by atoms with Gasteiger partial charge in [-0.15, -0.1) is 0 Å². The molecule has 1 heterocycles. The van der Waals surface area contributed by atoms with Gasteiger partial charge < -0.3 is 0 Å². The van der Waals surface area contributed by atoms with Crippen LogP contribution in [0.25, 0.3) is 0 Å². The fraction of sp³-hybridized carbons (Fsp3) is 0.833. The van der Waals surface area contributed by atoms with Gasteiger partial charge in [0.1, 0.15) is 12.4 Å². The van der Waals surface area contributed by atoms with Crippen molar-refractivity contribution in [2.45, 2.75) is 97.6 Å². The van der Waals surface area contributed by atoms with Crippen LogP contribution in [0, 0.1) is 0 Å². The predicted molar refractivity (Wildman–Crippen MR) is 86.8 cm³/mol. The van der Waals surface area contributed by atoms with Gasteiger partial charge in [0.2, 0.25) is 6.33 Å². The van der Waals surface area contributed by atoms with Gasteiger partial charge in [-0.25, -0.2) is 9.13 Å². The average Bonchev–Trinajstić information content (AvgIpc) is 2.90. The van der Waals surface area contributed by atoms with Crippen LogP contribution in [0.15, 0.2) is 18.7 Å². The molecule has 0 spiro atoms. The number of imidazole rings is 1. The summed E-state index contributed by atoms with van der Waals surface area (Å²) in [4.78, 5) is 0. The molecule has 2 nitrogen and oxygen atoms in total. The monoisotopic (exact) mass is 279 g/mol. The number of rotatable bonds is 13. The molecule has 0 bridgehead atoms. The molecule has 0 radical (unpaired) electrons. The summed E-state index contributed by atoms with van der Waals surface area (Å²) in [5.74, 6) is 0. The van der Waals surface area contributed by atoms with E-state index in [2.05, 4.69) is 41.7 Å². The Kier molecular flexibility index (Phi) is 10.3. The molecule has 1 aromatic rings. The normalized spacial score (nSPS) is 11.1. The van der Waals surface area contributed by atoms with Crippen molar-refractivity contribution in [3.05, 3.63) is 18.7 Å². The minimum Gasteiger partial charge on any atom is -0.237 e. The summed E-state index contributed by atoms with van der Waals surface area (Å²) in [5, 5.41) is 0. The van der Waals surface area contributed by atoms with Gasteiger partial charge in [-0.3, -0.25) is 0 Å². The fourth-order valence-corrected chi connectivity index (χ4v) is 2.68. The standard InChI is InChI=1S/C18H35N2/c1-3-5-7-9-11-13-15-20-17-16-19(18-20)14-12-10-8-6-4-2/h16-18H,3-15H2,1-2H3/q+1. The van der Waals surface area contributed by atoms with E-state index >= 15 is 0 Å². The van der Waals surface area contributed by atoms with Crippen molar-refractivity contribution in [1.82, 2.24) is 4.57 Å². The van der Waals surface area contributed by atoms with Crippen LogP contribution in [0.2, 0.25) is 0 Å². The molecule has 20 heavy (non-hydrogen) atoms. The number of nitrogens with zero attached hydrogens (tertiary/aromatic N) is 2. The summed E-state index contributed by atoms with van der Waals surface area (Å²) in [7, 11) is 0. The molecule has 0 atom stereocenters. The minimum atomic E-state index is 1.19. The van der Waals surface area contributed by atoms with E-state index in [0.29, 0.717) is 0 Å². The maximum absolute atomic E-state index is 2.35. The number of hydrogen-bond acceptors (Lipinski definition) is 0. The molecule has 0 amide bonds. The number of hydrogen-bond donors (Lipinski definition) is 0. The van der Waals surface area contributed by atoms with Crippen LogP contribution in [-0.2, 0) is 13.1 Å². The topological polar surface area (TPSA) is 8.81 Å². The van der Waals surface area contributed by atoms with E-state index in [1.807, 2.05) is 0 Å². The van der Waals surface area contributed by atoms with Gasteiger partial charge in [0, 0.05) is 0 Å². The van der Waals surface area contributed by atoms with Crippen LogP contribution in [0.5, 0.6) is 0 Å². The lowest BCUT2D eigenvalue weighted by atomic mass is 10.1. The quantitative estimate of drug-likeness (QED) is 0.350. The molecule has 0 aliphatic carbocycles. The highest BCUT2D eigenvalue weighted by Crippen LogP contribution is 2.06. The van der Waals surface area contributed by atoms with Gasteiger partial charge >= 0.3 is 0 Å². The second-order valence-electron chi connectivity index (χ2n) is 6.07. The maximum Gasteiger partial charge on any atom is 0.243 e. The molecule has 2 heteroatoms. The molecule has 0 aliphatic heterocycles. The van der Waals surface area contributed by atoms with Gasteiger partial charge in [0.15, 0.2) is 0 Å². The van der Waals surface area contributed by atoms with Crippen molar-refractivity contribution >= 4 is 0 Å². The second-order valence-corrected chi connectivity index (χ2v) is 6.07. The van der Waals surface area contributed by atoms with Gasteiger partial charge in [-0.05, 0) is 25.7 Å². The van der Waals surface area contributed by atoms with Crippen LogP contribution in [0.1, 0.15) is 84.5 Å². The zero-order valence-corrected chi connectivity index (χ0v) is 13.8. The molecular formula is C18H35N2+. The van der Waals surface area contributed by atoms with Gasteiger partial charge in [-0.1, -0.05) is 58.8 Å². The summed E-state index contributed by atoms with van der Waals surface area (Å²) in [6, 6.07) is 0. The van der Waals surface area contributed by atoms with Crippen molar-refractivity contribution in [3.63, 3.8) is 0 Å². The second kappa shape index (κ2) is 12.0. The summed E-state index contributed by atoms with van der Waals surface area (Å²) in [6.07, 6.45) is 21.9.